The second-order valence-corrected chi connectivity index (χ2v) is 13.7. The lowest BCUT2D eigenvalue weighted by atomic mass is 9.85. The molecule has 0 bridgehead atoms. The predicted molar refractivity (Wildman–Crippen MR) is 177 cm³/mol. The number of amides is 2. The fourth-order valence-electron chi connectivity index (χ4n) is 7.39. The highest BCUT2D eigenvalue weighted by atomic mass is 19.3. The second-order valence-electron chi connectivity index (χ2n) is 13.7. The summed E-state index contributed by atoms with van der Waals surface area (Å²) in [6.45, 7) is 13.2. The zero-order valence-electron chi connectivity index (χ0n) is 28.0. The number of likely N-dealkylation sites (tertiary alicyclic amines) is 1. The Morgan fingerprint density at radius 1 is 0.915 bits per heavy atom. The molecular formula is C34H49F2N9O2. The van der Waals surface area contributed by atoms with Crippen molar-refractivity contribution in [1.82, 2.24) is 35.0 Å². The molecule has 0 aromatic carbocycles. The van der Waals surface area contributed by atoms with Crippen molar-refractivity contribution in [1.29, 1.82) is 0 Å². The Bertz CT molecular complexity index is 1380. The maximum atomic E-state index is 14.1. The lowest BCUT2D eigenvalue weighted by Gasteiger charge is -2.38. The molecule has 1 aliphatic carbocycles. The van der Waals surface area contributed by atoms with Gasteiger partial charge >= 0.3 is 0 Å². The Balaban J connectivity index is 1.12. The Morgan fingerprint density at radius 2 is 1.57 bits per heavy atom. The third kappa shape index (κ3) is 7.83. The SMILES string of the molecule is CC(=O)N1CCN(c2ncc(C(CNC(=O)C3CCCc4nc(N5CCN(C(C)C)CC5)ccc43)N3CCC(F)(F)CC3)cn2)CC1. The van der Waals surface area contributed by atoms with E-state index in [0.29, 0.717) is 38.2 Å². The highest BCUT2D eigenvalue weighted by Crippen LogP contribution is 2.34. The van der Waals surface area contributed by atoms with Crippen molar-refractivity contribution in [3.8, 4) is 0 Å². The summed E-state index contributed by atoms with van der Waals surface area (Å²) in [5.74, 6) is -1.40. The summed E-state index contributed by atoms with van der Waals surface area (Å²) in [6, 6.07) is 4.36. The van der Waals surface area contributed by atoms with Crippen molar-refractivity contribution in [3.05, 3.63) is 41.3 Å². The first kappa shape index (κ1) is 33.5. The van der Waals surface area contributed by atoms with Gasteiger partial charge in [-0.05, 0) is 44.7 Å². The van der Waals surface area contributed by atoms with Crippen LogP contribution >= 0.6 is 0 Å². The summed E-state index contributed by atoms with van der Waals surface area (Å²) in [5.41, 5.74) is 2.78. The van der Waals surface area contributed by atoms with Gasteiger partial charge in [-0.2, -0.15) is 0 Å². The lowest BCUT2D eigenvalue weighted by Crippen LogP contribution is -2.49. The third-order valence-electron chi connectivity index (χ3n) is 10.5. The number of halogens is 2. The molecule has 256 valence electrons. The minimum atomic E-state index is -2.67. The van der Waals surface area contributed by atoms with Crippen LogP contribution in [0.4, 0.5) is 20.5 Å². The van der Waals surface area contributed by atoms with Gasteiger partial charge in [0.05, 0.1) is 12.0 Å². The monoisotopic (exact) mass is 653 g/mol. The number of carbonyl (C=O) groups excluding carboxylic acids is 2. The van der Waals surface area contributed by atoms with Gasteiger partial charge in [-0.3, -0.25) is 19.4 Å². The molecule has 4 aliphatic rings. The maximum absolute atomic E-state index is 14.1. The zero-order chi connectivity index (χ0) is 33.1. The van der Waals surface area contributed by atoms with E-state index < -0.39 is 5.92 Å². The molecule has 0 spiro atoms. The van der Waals surface area contributed by atoms with E-state index in [1.54, 1.807) is 19.3 Å². The number of hydrogen-bond acceptors (Lipinski definition) is 9. The summed E-state index contributed by atoms with van der Waals surface area (Å²) in [4.78, 5) is 50.5. The number of rotatable bonds is 8. The molecule has 3 saturated heterocycles. The second kappa shape index (κ2) is 14.3. The van der Waals surface area contributed by atoms with Gasteiger partial charge in [0.1, 0.15) is 5.82 Å². The summed E-state index contributed by atoms with van der Waals surface area (Å²) in [7, 11) is 0. The van der Waals surface area contributed by atoms with Crippen LogP contribution in [0, 0.1) is 0 Å². The average molecular weight is 654 g/mol. The van der Waals surface area contributed by atoms with E-state index in [1.807, 2.05) is 14.7 Å². The molecule has 11 nitrogen and oxygen atoms in total. The van der Waals surface area contributed by atoms with Crippen LogP contribution in [0.1, 0.15) is 75.2 Å². The minimum Gasteiger partial charge on any atom is -0.354 e. The predicted octanol–water partition coefficient (Wildman–Crippen LogP) is 3.08. The number of fused-ring (bicyclic) bond motifs is 1. The van der Waals surface area contributed by atoms with E-state index in [0.717, 1.165) is 68.1 Å². The van der Waals surface area contributed by atoms with Crippen LogP contribution < -0.4 is 15.1 Å². The largest absolute Gasteiger partial charge is 0.354 e. The van der Waals surface area contributed by atoms with Crippen LogP contribution in [0.3, 0.4) is 0 Å². The molecule has 2 amide bonds. The minimum absolute atomic E-state index is 0.0562. The molecule has 2 aromatic rings. The topological polar surface area (TPSA) is 101 Å². The molecule has 2 unspecified atom stereocenters. The highest BCUT2D eigenvalue weighted by molar-refractivity contribution is 5.84. The van der Waals surface area contributed by atoms with Crippen LogP contribution in [0.15, 0.2) is 24.5 Å². The first-order valence-electron chi connectivity index (χ1n) is 17.3. The molecular weight excluding hydrogens is 604 g/mol. The van der Waals surface area contributed by atoms with Crippen LogP contribution in [0.5, 0.6) is 0 Å². The zero-order valence-corrected chi connectivity index (χ0v) is 28.0. The number of pyridine rings is 1. The summed E-state index contributed by atoms with van der Waals surface area (Å²) < 4.78 is 28.2. The number of nitrogens with zero attached hydrogens (tertiary/aromatic N) is 8. The summed E-state index contributed by atoms with van der Waals surface area (Å²) in [5, 5.41) is 3.18. The van der Waals surface area contributed by atoms with Crippen molar-refractivity contribution >= 4 is 23.6 Å². The van der Waals surface area contributed by atoms with Gasteiger partial charge in [-0.15, -0.1) is 0 Å². The molecule has 2 aromatic heterocycles. The molecule has 13 heteroatoms. The molecule has 5 heterocycles. The number of aromatic nitrogens is 3. The van der Waals surface area contributed by atoms with Gasteiger partial charge in [0.2, 0.25) is 17.8 Å². The van der Waals surface area contributed by atoms with E-state index in [2.05, 4.69) is 51.1 Å². The number of hydrogen-bond donors (Lipinski definition) is 1. The normalized spacial score (nSPS) is 23.0. The molecule has 6 rings (SSSR count). The highest BCUT2D eigenvalue weighted by Gasteiger charge is 2.37. The van der Waals surface area contributed by atoms with Gasteiger partial charge in [-0.1, -0.05) is 6.07 Å². The number of piperazine rings is 2. The molecule has 3 aliphatic heterocycles. The Labute approximate surface area is 276 Å². The molecule has 1 N–H and O–H groups in total. The van der Waals surface area contributed by atoms with E-state index in [1.165, 1.54) is 0 Å². The van der Waals surface area contributed by atoms with Crippen molar-refractivity contribution in [2.75, 3.05) is 81.8 Å². The van der Waals surface area contributed by atoms with Crippen LogP contribution in [0.2, 0.25) is 0 Å². The summed E-state index contributed by atoms with van der Waals surface area (Å²) >= 11 is 0. The molecule has 47 heavy (non-hydrogen) atoms. The number of nitrogens with one attached hydrogen (secondary N) is 1. The standard InChI is InChI=1S/C34H49F2N9O2/c1-24(2)41-13-17-44(18-14-41)31-8-7-27-28(5-4-6-29(27)40-31)32(47)37-23-30(43-11-9-34(35,36)10-12-43)26-21-38-33(39-22-26)45-19-15-42(16-20-45)25(3)46/h7-8,21-22,24,28,30H,4-6,9-20,23H2,1-3H3,(H,37,47). The maximum Gasteiger partial charge on any atom is 0.250 e. The van der Waals surface area contributed by atoms with E-state index >= 15 is 0 Å². The first-order chi connectivity index (χ1) is 22.6. The summed E-state index contributed by atoms with van der Waals surface area (Å²) in [6.07, 6.45) is 5.58. The van der Waals surface area contributed by atoms with Gasteiger partial charge in [-0.25, -0.2) is 23.7 Å². The van der Waals surface area contributed by atoms with E-state index in [-0.39, 0.29) is 56.3 Å². The number of anilines is 2. The Kier molecular flexibility index (Phi) is 10.2. The van der Waals surface area contributed by atoms with Gasteiger partial charge < -0.3 is 20.0 Å². The number of alkyl halides is 2. The number of piperidine rings is 1. The smallest absolute Gasteiger partial charge is 0.250 e. The first-order valence-corrected chi connectivity index (χ1v) is 17.3. The quantitative estimate of drug-likeness (QED) is 0.461. The van der Waals surface area contributed by atoms with Crippen molar-refractivity contribution in [2.45, 2.75) is 76.8 Å². The third-order valence-corrected chi connectivity index (χ3v) is 10.5. The van der Waals surface area contributed by atoms with Gasteiger partial charge in [0, 0.05) is 121 Å². The molecule has 2 atom stereocenters. The van der Waals surface area contributed by atoms with Crippen LogP contribution in [-0.4, -0.2) is 125 Å². The average Bonchev–Trinajstić information content (AvgIpc) is 3.08. The van der Waals surface area contributed by atoms with Crippen LogP contribution in [0.25, 0.3) is 0 Å². The Morgan fingerprint density at radius 3 is 2.21 bits per heavy atom. The van der Waals surface area contributed by atoms with Crippen molar-refractivity contribution < 1.29 is 18.4 Å². The Hall–Kier alpha value is -3.45. The van der Waals surface area contributed by atoms with Crippen molar-refractivity contribution in [3.63, 3.8) is 0 Å². The fourth-order valence-corrected chi connectivity index (χ4v) is 7.39. The van der Waals surface area contributed by atoms with E-state index in [9.17, 15) is 18.4 Å². The van der Waals surface area contributed by atoms with Crippen LogP contribution in [-0.2, 0) is 16.0 Å². The lowest BCUT2D eigenvalue weighted by molar-refractivity contribution is -0.129. The van der Waals surface area contributed by atoms with Crippen molar-refractivity contribution in [2.24, 2.45) is 0 Å². The number of aryl methyl sites for hydroxylation is 1. The fraction of sp³-hybridized carbons (Fsp3) is 0.676. The molecule has 3 fully saturated rings. The van der Waals surface area contributed by atoms with Gasteiger partial charge in [0.25, 0.3) is 5.92 Å². The molecule has 0 saturated carbocycles. The van der Waals surface area contributed by atoms with Gasteiger partial charge in [0.15, 0.2) is 0 Å². The number of carbonyl (C=O) groups is 2. The van der Waals surface area contributed by atoms with E-state index in [4.69, 9.17) is 4.98 Å². The molecule has 0 radical (unpaired) electrons.